The van der Waals surface area contributed by atoms with Crippen molar-refractivity contribution in [2.45, 2.75) is 38.6 Å². The summed E-state index contributed by atoms with van der Waals surface area (Å²) in [6, 6.07) is 21.1. The number of aryl methyl sites for hydroxylation is 3. The summed E-state index contributed by atoms with van der Waals surface area (Å²) >= 11 is 0. The first-order valence-electron chi connectivity index (χ1n) is 10.2. The Bertz CT molecular complexity index is 1170. The van der Waals surface area contributed by atoms with Crippen LogP contribution in [0.3, 0.4) is 0 Å². The van der Waals surface area contributed by atoms with Gasteiger partial charge in [-0.3, -0.25) is 9.10 Å². The maximum absolute atomic E-state index is 13.4. The van der Waals surface area contributed by atoms with E-state index >= 15 is 0 Å². The van der Waals surface area contributed by atoms with E-state index in [0.717, 1.165) is 21.0 Å². The van der Waals surface area contributed by atoms with E-state index in [9.17, 15) is 13.2 Å². The lowest BCUT2D eigenvalue weighted by Crippen LogP contribution is -2.41. The van der Waals surface area contributed by atoms with Crippen molar-refractivity contribution in [1.29, 1.82) is 0 Å². The first-order chi connectivity index (χ1) is 14.7. The molecule has 6 heteroatoms. The number of benzene rings is 3. The van der Waals surface area contributed by atoms with E-state index in [1.807, 2.05) is 52.0 Å². The van der Waals surface area contributed by atoms with Crippen LogP contribution in [-0.2, 0) is 14.8 Å². The van der Waals surface area contributed by atoms with Crippen LogP contribution in [0.25, 0.3) is 0 Å². The summed E-state index contributed by atoms with van der Waals surface area (Å²) in [6.07, 6.45) is 0. The maximum Gasteiger partial charge on any atom is 0.264 e. The quantitative estimate of drug-likeness (QED) is 0.585. The fourth-order valence-corrected chi connectivity index (χ4v) is 4.79. The summed E-state index contributed by atoms with van der Waals surface area (Å²) in [7, 11) is -3.91. The van der Waals surface area contributed by atoms with Gasteiger partial charge in [-0.05, 0) is 74.2 Å². The molecule has 0 aromatic heterocycles. The van der Waals surface area contributed by atoms with E-state index in [-0.39, 0.29) is 23.4 Å². The number of hydrogen-bond donors (Lipinski definition) is 1. The van der Waals surface area contributed by atoms with Gasteiger partial charge in [-0.25, -0.2) is 8.42 Å². The van der Waals surface area contributed by atoms with E-state index in [1.54, 1.807) is 36.4 Å². The van der Waals surface area contributed by atoms with Gasteiger partial charge in [0.2, 0.25) is 5.91 Å². The molecule has 162 valence electrons. The molecule has 0 aliphatic heterocycles. The normalized spacial score (nSPS) is 12.3. The van der Waals surface area contributed by atoms with Crippen molar-refractivity contribution in [3.05, 3.63) is 95.1 Å². The maximum atomic E-state index is 13.4. The molecule has 0 bridgehead atoms. The van der Waals surface area contributed by atoms with Crippen LogP contribution in [0.5, 0.6) is 0 Å². The van der Waals surface area contributed by atoms with Crippen molar-refractivity contribution in [2.75, 3.05) is 10.8 Å². The lowest BCUT2D eigenvalue weighted by molar-refractivity contribution is -0.120. The van der Waals surface area contributed by atoms with Gasteiger partial charge in [0.25, 0.3) is 10.0 Å². The summed E-state index contributed by atoms with van der Waals surface area (Å²) in [5.41, 5.74) is 4.67. The fourth-order valence-electron chi connectivity index (χ4n) is 3.35. The predicted molar refractivity (Wildman–Crippen MR) is 125 cm³/mol. The zero-order valence-electron chi connectivity index (χ0n) is 18.3. The van der Waals surface area contributed by atoms with Crippen LogP contribution in [0.4, 0.5) is 5.69 Å². The summed E-state index contributed by atoms with van der Waals surface area (Å²) in [5.74, 6) is -0.369. The highest BCUT2D eigenvalue weighted by molar-refractivity contribution is 7.92. The average molecular weight is 437 g/mol. The summed E-state index contributed by atoms with van der Waals surface area (Å²) in [6.45, 7) is 7.54. The number of nitrogens with one attached hydrogen (secondary N) is 1. The number of amides is 1. The second-order valence-electron chi connectivity index (χ2n) is 7.80. The Balaban J connectivity index is 1.88. The van der Waals surface area contributed by atoms with Crippen molar-refractivity contribution >= 4 is 21.6 Å². The van der Waals surface area contributed by atoms with Gasteiger partial charge in [0.15, 0.2) is 0 Å². The Hall–Kier alpha value is -3.12. The Morgan fingerprint density at radius 1 is 0.903 bits per heavy atom. The van der Waals surface area contributed by atoms with Crippen molar-refractivity contribution in [3.8, 4) is 0 Å². The molecule has 0 fully saturated rings. The lowest BCUT2D eigenvalue weighted by atomic mass is 10.0. The van der Waals surface area contributed by atoms with Gasteiger partial charge in [-0.1, -0.05) is 48.5 Å². The first-order valence-corrected chi connectivity index (χ1v) is 11.6. The monoisotopic (exact) mass is 436 g/mol. The molecule has 0 heterocycles. The van der Waals surface area contributed by atoms with Crippen LogP contribution >= 0.6 is 0 Å². The van der Waals surface area contributed by atoms with Crippen molar-refractivity contribution < 1.29 is 13.2 Å². The number of anilines is 1. The number of carbonyl (C=O) groups is 1. The molecule has 0 spiro atoms. The standard InChI is InChI=1S/C25H28N2O3S/c1-18-9-8-10-23(15-18)27(31(29,30)24-11-6-5-7-12-24)17-25(28)26-21(4)22-14-13-19(2)20(3)16-22/h5-16,21H,17H2,1-4H3,(H,26,28)/t21-/m1/s1. The molecule has 31 heavy (non-hydrogen) atoms. The van der Waals surface area contributed by atoms with Gasteiger partial charge in [-0.15, -0.1) is 0 Å². The van der Waals surface area contributed by atoms with Crippen LogP contribution < -0.4 is 9.62 Å². The molecule has 0 aliphatic rings. The Morgan fingerprint density at radius 2 is 1.61 bits per heavy atom. The molecule has 0 unspecified atom stereocenters. The molecule has 0 aliphatic carbocycles. The van der Waals surface area contributed by atoms with Crippen molar-refractivity contribution in [3.63, 3.8) is 0 Å². The molecule has 0 saturated carbocycles. The molecule has 0 saturated heterocycles. The van der Waals surface area contributed by atoms with Crippen LogP contribution in [-0.4, -0.2) is 20.9 Å². The minimum atomic E-state index is -3.91. The second-order valence-corrected chi connectivity index (χ2v) is 9.66. The molecule has 1 atom stereocenters. The van der Waals surface area contributed by atoms with Gasteiger partial charge in [0, 0.05) is 0 Å². The highest BCUT2D eigenvalue weighted by Gasteiger charge is 2.27. The molecule has 3 rings (SSSR count). The molecule has 3 aromatic carbocycles. The molecule has 1 N–H and O–H groups in total. The van der Waals surface area contributed by atoms with E-state index in [4.69, 9.17) is 0 Å². The minimum absolute atomic E-state index is 0.145. The molecule has 0 radical (unpaired) electrons. The molecular weight excluding hydrogens is 408 g/mol. The fraction of sp³-hybridized carbons (Fsp3) is 0.240. The van der Waals surface area contributed by atoms with E-state index in [0.29, 0.717) is 5.69 Å². The molecular formula is C25H28N2O3S. The third-order valence-corrected chi connectivity index (χ3v) is 7.10. The average Bonchev–Trinajstić information content (AvgIpc) is 2.74. The van der Waals surface area contributed by atoms with Crippen LogP contribution in [0, 0.1) is 20.8 Å². The SMILES string of the molecule is Cc1cccc(N(CC(=O)N[C@H](C)c2ccc(C)c(C)c2)S(=O)(=O)c2ccccc2)c1. The highest BCUT2D eigenvalue weighted by Crippen LogP contribution is 2.24. The zero-order chi connectivity index (χ0) is 22.6. The van der Waals surface area contributed by atoms with Gasteiger partial charge in [0.05, 0.1) is 16.6 Å². The zero-order valence-corrected chi connectivity index (χ0v) is 19.1. The van der Waals surface area contributed by atoms with Crippen LogP contribution in [0.2, 0.25) is 0 Å². The first kappa shape index (κ1) is 22.6. The summed E-state index contributed by atoms with van der Waals surface area (Å²) < 4.78 is 27.9. The van der Waals surface area contributed by atoms with Gasteiger partial charge in [0.1, 0.15) is 6.54 Å². The Labute approximate surface area is 184 Å². The summed E-state index contributed by atoms with van der Waals surface area (Å²) in [5, 5.41) is 2.94. The number of sulfonamides is 1. The second kappa shape index (κ2) is 9.35. The van der Waals surface area contributed by atoms with Crippen LogP contribution in [0.1, 0.15) is 35.2 Å². The third-order valence-electron chi connectivity index (χ3n) is 5.32. The predicted octanol–water partition coefficient (Wildman–Crippen LogP) is 4.68. The molecule has 1 amide bonds. The largest absolute Gasteiger partial charge is 0.348 e. The van der Waals surface area contributed by atoms with Gasteiger partial charge >= 0.3 is 0 Å². The smallest absolute Gasteiger partial charge is 0.264 e. The number of hydrogen-bond acceptors (Lipinski definition) is 3. The van der Waals surface area contributed by atoms with Crippen molar-refractivity contribution in [2.24, 2.45) is 0 Å². The topological polar surface area (TPSA) is 66.5 Å². The Kier molecular flexibility index (Phi) is 6.81. The Morgan fingerprint density at radius 3 is 2.26 bits per heavy atom. The minimum Gasteiger partial charge on any atom is -0.348 e. The van der Waals surface area contributed by atoms with Crippen molar-refractivity contribution in [1.82, 2.24) is 5.32 Å². The van der Waals surface area contributed by atoms with E-state index in [1.165, 1.54) is 17.7 Å². The van der Waals surface area contributed by atoms with E-state index in [2.05, 4.69) is 5.32 Å². The molecule has 3 aromatic rings. The molecule has 5 nitrogen and oxygen atoms in total. The number of nitrogens with zero attached hydrogens (tertiary/aromatic N) is 1. The third kappa shape index (κ3) is 5.33. The highest BCUT2D eigenvalue weighted by atomic mass is 32.2. The number of carbonyl (C=O) groups excluding carboxylic acids is 1. The number of rotatable bonds is 7. The summed E-state index contributed by atoms with van der Waals surface area (Å²) in [4.78, 5) is 13.1. The van der Waals surface area contributed by atoms with Gasteiger partial charge < -0.3 is 5.32 Å². The lowest BCUT2D eigenvalue weighted by Gasteiger charge is -2.25. The van der Waals surface area contributed by atoms with Gasteiger partial charge in [-0.2, -0.15) is 0 Å². The van der Waals surface area contributed by atoms with E-state index < -0.39 is 10.0 Å². The van der Waals surface area contributed by atoms with Crippen LogP contribution in [0.15, 0.2) is 77.7 Å².